The summed E-state index contributed by atoms with van der Waals surface area (Å²) in [6.45, 7) is 3.61. The lowest BCUT2D eigenvalue weighted by Gasteiger charge is -2.41. The summed E-state index contributed by atoms with van der Waals surface area (Å²) in [5, 5.41) is 11.2. The predicted octanol–water partition coefficient (Wildman–Crippen LogP) is 1.97. The van der Waals surface area contributed by atoms with Gasteiger partial charge in [-0.05, 0) is 43.7 Å². The van der Waals surface area contributed by atoms with Crippen LogP contribution in [0.4, 0.5) is 5.95 Å². The fourth-order valence-electron chi connectivity index (χ4n) is 3.90. The number of hydrogen-bond donors (Lipinski definition) is 1. The number of β-amino-alcohol motifs (C(OH)–C–C–N with tert-alkyl or cyclic N) is 1. The van der Waals surface area contributed by atoms with E-state index >= 15 is 0 Å². The number of rotatable bonds is 10. The van der Waals surface area contributed by atoms with Crippen LogP contribution in [0.2, 0.25) is 0 Å². The molecule has 1 aromatic heterocycles. The molecule has 8 heteroatoms. The zero-order valence-electron chi connectivity index (χ0n) is 18.1. The monoisotopic (exact) mass is 416 g/mol. The number of aromatic nitrogens is 2. The van der Waals surface area contributed by atoms with Crippen LogP contribution in [0.25, 0.3) is 0 Å². The first kappa shape index (κ1) is 22.3. The van der Waals surface area contributed by atoms with Crippen LogP contribution < -0.4 is 14.4 Å². The number of anilines is 1. The molecule has 164 valence electrons. The van der Waals surface area contributed by atoms with Crippen molar-refractivity contribution in [2.45, 2.75) is 25.0 Å². The lowest BCUT2D eigenvalue weighted by molar-refractivity contribution is -0.00367. The number of nitrogens with zero attached hydrogens (tertiary/aromatic N) is 4. The van der Waals surface area contributed by atoms with E-state index in [0.29, 0.717) is 50.3 Å². The van der Waals surface area contributed by atoms with Gasteiger partial charge in [0.1, 0.15) is 6.61 Å². The maximum Gasteiger partial charge on any atom is 0.225 e. The zero-order chi connectivity index (χ0) is 21.4. The third-order valence-corrected chi connectivity index (χ3v) is 5.18. The maximum atomic E-state index is 11.2. The average molecular weight is 417 g/mol. The van der Waals surface area contributed by atoms with Gasteiger partial charge in [0.25, 0.3) is 0 Å². The van der Waals surface area contributed by atoms with Crippen molar-refractivity contribution in [3.8, 4) is 11.5 Å². The Morgan fingerprint density at radius 3 is 2.70 bits per heavy atom. The van der Waals surface area contributed by atoms with Crippen LogP contribution in [-0.2, 0) is 11.3 Å². The molecule has 1 aliphatic heterocycles. The molecule has 0 unspecified atom stereocenters. The molecule has 3 rings (SSSR count). The minimum absolute atomic E-state index is 0.462. The van der Waals surface area contributed by atoms with Gasteiger partial charge in [0.2, 0.25) is 5.95 Å². The molecule has 30 heavy (non-hydrogen) atoms. The molecule has 2 heterocycles. The standard InChI is InChI=1S/C22H32N4O4/c1-25(15-18-6-7-19(29-3)20(14-18)30-13-12-28-2)16-22(27)8-4-11-26(17-22)21-23-9-5-10-24-21/h5-7,9-10,14,27H,4,8,11-13,15-17H2,1-3H3/t22-/m1/s1. The fraction of sp³-hybridized carbons (Fsp3) is 0.545. The summed E-state index contributed by atoms with van der Waals surface area (Å²) in [6, 6.07) is 7.72. The van der Waals surface area contributed by atoms with Gasteiger partial charge in [-0.2, -0.15) is 0 Å². The van der Waals surface area contributed by atoms with Crippen LogP contribution in [0.3, 0.4) is 0 Å². The summed E-state index contributed by atoms with van der Waals surface area (Å²) in [7, 11) is 5.30. The smallest absolute Gasteiger partial charge is 0.225 e. The second-order valence-corrected chi connectivity index (χ2v) is 7.80. The molecular formula is C22H32N4O4. The Morgan fingerprint density at radius 2 is 1.97 bits per heavy atom. The van der Waals surface area contributed by atoms with Crippen LogP contribution in [0.15, 0.2) is 36.7 Å². The Morgan fingerprint density at radius 1 is 1.17 bits per heavy atom. The molecule has 0 amide bonds. The summed E-state index contributed by atoms with van der Waals surface area (Å²) >= 11 is 0. The number of piperidine rings is 1. The topological polar surface area (TPSA) is 80.2 Å². The molecule has 1 atom stereocenters. The van der Waals surface area contributed by atoms with Gasteiger partial charge in [-0.15, -0.1) is 0 Å². The molecule has 0 spiro atoms. The summed E-state index contributed by atoms with van der Waals surface area (Å²) in [6.07, 6.45) is 5.13. The molecule has 0 aliphatic carbocycles. The zero-order valence-corrected chi connectivity index (χ0v) is 18.1. The van der Waals surface area contributed by atoms with Crippen molar-refractivity contribution >= 4 is 5.95 Å². The largest absolute Gasteiger partial charge is 0.493 e. The van der Waals surface area contributed by atoms with Crippen LogP contribution in [0.5, 0.6) is 11.5 Å². The van der Waals surface area contributed by atoms with Gasteiger partial charge in [-0.1, -0.05) is 6.07 Å². The number of likely N-dealkylation sites (N-methyl/N-ethyl adjacent to an activating group) is 1. The molecule has 2 aromatic rings. The summed E-state index contributed by atoms with van der Waals surface area (Å²) in [5.41, 5.74) is 0.282. The fourth-order valence-corrected chi connectivity index (χ4v) is 3.90. The SMILES string of the molecule is COCCOc1cc(CN(C)C[C@]2(O)CCCN(c3ncccn3)C2)ccc1OC. The molecule has 0 saturated carbocycles. The number of benzene rings is 1. The van der Waals surface area contributed by atoms with Crippen molar-refractivity contribution in [1.82, 2.24) is 14.9 Å². The van der Waals surface area contributed by atoms with Crippen molar-refractivity contribution in [3.05, 3.63) is 42.2 Å². The molecule has 1 aromatic carbocycles. The van der Waals surface area contributed by atoms with Crippen LogP contribution in [0.1, 0.15) is 18.4 Å². The maximum absolute atomic E-state index is 11.2. The van der Waals surface area contributed by atoms with Crippen molar-refractivity contribution < 1.29 is 19.3 Å². The number of ether oxygens (including phenoxy) is 3. The molecular weight excluding hydrogens is 384 g/mol. The van der Waals surface area contributed by atoms with Gasteiger partial charge in [-0.3, -0.25) is 4.90 Å². The van der Waals surface area contributed by atoms with E-state index in [9.17, 15) is 5.11 Å². The van der Waals surface area contributed by atoms with Gasteiger partial charge in [0.05, 0.1) is 25.9 Å². The third kappa shape index (κ3) is 6.04. The van der Waals surface area contributed by atoms with Crippen molar-refractivity contribution in [2.24, 2.45) is 0 Å². The quantitative estimate of drug-likeness (QED) is 0.589. The molecule has 1 aliphatic rings. The van der Waals surface area contributed by atoms with Gasteiger partial charge in [0.15, 0.2) is 11.5 Å². The highest BCUT2D eigenvalue weighted by Gasteiger charge is 2.35. The summed E-state index contributed by atoms with van der Waals surface area (Å²) in [5.74, 6) is 2.07. The summed E-state index contributed by atoms with van der Waals surface area (Å²) in [4.78, 5) is 12.9. The van der Waals surface area contributed by atoms with E-state index in [1.807, 2.05) is 25.2 Å². The first-order valence-electron chi connectivity index (χ1n) is 10.2. The van der Waals surface area contributed by atoms with E-state index in [0.717, 1.165) is 24.9 Å². The molecule has 1 N–H and O–H groups in total. The Balaban J connectivity index is 1.61. The number of aliphatic hydroxyl groups is 1. The number of methoxy groups -OCH3 is 2. The van der Waals surface area contributed by atoms with Gasteiger partial charge >= 0.3 is 0 Å². The van der Waals surface area contributed by atoms with Gasteiger partial charge < -0.3 is 24.2 Å². The Hall–Kier alpha value is -2.42. The second kappa shape index (κ2) is 10.6. The Bertz CT molecular complexity index is 792. The minimum Gasteiger partial charge on any atom is -0.493 e. The van der Waals surface area contributed by atoms with Gasteiger partial charge in [-0.25, -0.2) is 9.97 Å². The van der Waals surface area contributed by atoms with E-state index in [1.165, 1.54) is 0 Å². The molecule has 1 fully saturated rings. The molecule has 0 radical (unpaired) electrons. The predicted molar refractivity (Wildman–Crippen MR) is 115 cm³/mol. The highest BCUT2D eigenvalue weighted by molar-refractivity contribution is 5.43. The lowest BCUT2D eigenvalue weighted by atomic mass is 9.92. The second-order valence-electron chi connectivity index (χ2n) is 7.80. The highest BCUT2D eigenvalue weighted by atomic mass is 16.5. The van der Waals surface area contributed by atoms with Crippen molar-refractivity contribution in [3.63, 3.8) is 0 Å². The average Bonchev–Trinajstić information content (AvgIpc) is 2.74. The minimum atomic E-state index is -0.809. The van der Waals surface area contributed by atoms with Crippen molar-refractivity contribution in [1.29, 1.82) is 0 Å². The van der Waals surface area contributed by atoms with E-state index in [4.69, 9.17) is 14.2 Å². The Kier molecular flexibility index (Phi) is 7.84. The normalized spacial score (nSPS) is 19.2. The third-order valence-electron chi connectivity index (χ3n) is 5.18. The van der Waals surface area contributed by atoms with Crippen LogP contribution >= 0.6 is 0 Å². The first-order valence-corrected chi connectivity index (χ1v) is 10.2. The molecule has 1 saturated heterocycles. The molecule has 0 bridgehead atoms. The van der Waals surface area contributed by atoms with E-state index in [2.05, 4.69) is 19.8 Å². The lowest BCUT2D eigenvalue weighted by Crippen LogP contribution is -2.54. The Labute approximate surface area is 178 Å². The first-order chi connectivity index (χ1) is 14.5. The molecule has 8 nitrogen and oxygen atoms in total. The van der Waals surface area contributed by atoms with E-state index < -0.39 is 5.60 Å². The van der Waals surface area contributed by atoms with Crippen molar-refractivity contribution in [2.75, 3.05) is 59.0 Å². The highest BCUT2D eigenvalue weighted by Crippen LogP contribution is 2.29. The summed E-state index contributed by atoms with van der Waals surface area (Å²) < 4.78 is 16.2. The van der Waals surface area contributed by atoms with Crippen LogP contribution in [0, 0.1) is 0 Å². The van der Waals surface area contributed by atoms with Gasteiger partial charge in [0, 0.05) is 39.1 Å². The number of hydrogen-bond acceptors (Lipinski definition) is 8. The van der Waals surface area contributed by atoms with E-state index in [1.54, 1.807) is 32.7 Å². The van der Waals surface area contributed by atoms with Crippen LogP contribution in [-0.4, -0.2) is 79.7 Å². The van der Waals surface area contributed by atoms with E-state index in [-0.39, 0.29) is 0 Å².